The first-order valence-corrected chi connectivity index (χ1v) is 14.3. The Balaban J connectivity index is 1.27. The van der Waals surface area contributed by atoms with Crippen LogP contribution in [0.2, 0.25) is 0 Å². The summed E-state index contributed by atoms with van der Waals surface area (Å²) in [6.45, 7) is 0. The molecular formula is C30H31FN4O3S. The molecule has 0 radical (unpaired) electrons. The minimum atomic E-state index is -0.584. The van der Waals surface area contributed by atoms with Crippen LogP contribution in [-0.4, -0.2) is 40.0 Å². The summed E-state index contributed by atoms with van der Waals surface area (Å²) in [6, 6.07) is 14.2. The monoisotopic (exact) mass is 546 g/mol. The van der Waals surface area contributed by atoms with Gasteiger partial charge in [-0.2, -0.15) is 0 Å². The number of halogens is 1. The van der Waals surface area contributed by atoms with E-state index in [1.165, 1.54) is 23.9 Å². The van der Waals surface area contributed by atoms with Crippen LogP contribution in [0.15, 0.2) is 59.6 Å². The summed E-state index contributed by atoms with van der Waals surface area (Å²) in [5, 5.41) is 4.16. The Morgan fingerprint density at radius 2 is 2.00 bits per heavy atom. The van der Waals surface area contributed by atoms with E-state index < -0.39 is 5.54 Å². The predicted molar refractivity (Wildman–Crippen MR) is 151 cm³/mol. The largest absolute Gasteiger partial charge is 0.480 e. The van der Waals surface area contributed by atoms with Gasteiger partial charge in [0, 0.05) is 28.7 Å². The van der Waals surface area contributed by atoms with Crippen LogP contribution in [0, 0.1) is 5.82 Å². The Labute approximate surface area is 231 Å². The lowest BCUT2D eigenvalue weighted by atomic mass is 9.89. The van der Waals surface area contributed by atoms with Crippen LogP contribution in [0.5, 0.6) is 5.88 Å². The average Bonchev–Trinajstić information content (AvgIpc) is 3.60. The Hall–Kier alpha value is -3.72. The number of ether oxygens (including phenoxy) is 1. The zero-order chi connectivity index (χ0) is 27.4. The van der Waals surface area contributed by atoms with Crippen molar-refractivity contribution in [1.29, 1.82) is 0 Å². The van der Waals surface area contributed by atoms with E-state index >= 15 is 0 Å². The molecule has 0 bridgehead atoms. The smallest absolute Gasteiger partial charge is 0.223 e. The molecule has 2 N–H and O–H groups in total. The fraction of sp³-hybridized carbons (Fsp3) is 0.333. The van der Waals surface area contributed by atoms with Crippen molar-refractivity contribution in [3.8, 4) is 17.1 Å². The second-order valence-electron chi connectivity index (χ2n) is 9.84. The number of aromatic amines is 1. The van der Waals surface area contributed by atoms with E-state index in [2.05, 4.69) is 20.3 Å². The maximum atomic E-state index is 13.5. The number of benzene rings is 2. The molecule has 1 amide bonds. The van der Waals surface area contributed by atoms with E-state index in [0.29, 0.717) is 47.8 Å². The number of hydrogen-bond donors (Lipinski definition) is 2. The maximum Gasteiger partial charge on any atom is 0.223 e. The lowest BCUT2D eigenvalue weighted by molar-refractivity contribution is -0.120. The molecule has 0 saturated carbocycles. The van der Waals surface area contributed by atoms with Crippen LogP contribution in [0.3, 0.4) is 0 Å². The quantitative estimate of drug-likeness (QED) is 0.128. The SMILES string of the molecule is COc1nc2ccccc2cc1-c1cnc(C2(CCCCCC(=O)c3ccc(F)cc3SC)CCC(=O)N2)[nH]1. The molecule has 5 rings (SSSR count). The van der Waals surface area contributed by atoms with E-state index in [-0.39, 0.29) is 17.5 Å². The van der Waals surface area contributed by atoms with Gasteiger partial charge in [-0.15, -0.1) is 11.8 Å². The molecular weight excluding hydrogens is 515 g/mol. The maximum absolute atomic E-state index is 13.5. The third kappa shape index (κ3) is 5.68. The molecule has 1 unspecified atom stereocenters. The van der Waals surface area contributed by atoms with E-state index in [1.807, 2.05) is 36.6 Å². The van der Waals surface area contributed by atoms with Crippen molar-refractivity contribution < 1.29 is 18.7 Å². The molecule has 0 spiro atoms. The van der Waals surface area contributed by atoms with Gasteiger partial charge >= 0.3 is 0 Å². The number of nitrogens with one attached hydrogen (secondary N) is 2. The number of imidazole rings is 1. The summed E-state index contributed by atoms with van der Waals surface area (Å²) in [5.74, 6) is 0.913. The molecule has 1 aliphatic heterocycles. The van der Waals surface area contributed by atoms with Gasteiger partial charge in [0.05, 0.1) is 35.6 Å². The number of carbonyl (C=O) groups is 2. The van der Waals surface area contributed by atoms with Crippen molar-refractivity contribution in [2.75, 3.05) is 13.4 Å². The first-order valence-electron chi connectivity index (χ1n) is 13.1. The number of pyridine rings is 1. The van der Waals surface area contributed by atoms with E-state index in [0.717, 1.165) is 41.4 Å². The van der Waals surface area contributed by atoms with Crippen LogP contribution >= 0.6 is 11.8 Å². The summed E-state index contributed by atoms with van der Waals surface area (Å²) in [4.78, 5) is 38.5. The minimum absolute atomic E-state index is 0.00832. The van der Waals surface area contributed by atoms with Gasteiger partial charge in [0.15, 0.2) is 5.78 Å². The van der Waals surface area contributed by atoms with Crippen LogP contribution in [0.4, 0.5) is 4.39 Å². The van der Waals surface area contributed by atoms with Gasteiger partial charge in [0.25, 0.3) is 0 Å². The normalized spacial score (nSPS) is 16.9. The van der Waals surface area contributed by atoms with Crippen molar-refractivity contribution in [2.45, 2.75) is 55.4 Å². The van der Waals surface area contributed by atoms with E-state index in [9.17, 15) is 14.0 Å². The molecule has 1 saturated heterocycles. The number of fused-ring (bicyclic) bond motifs is 1. The van der Waals surface area contributed by atoms with E-state index in [1.54, 1.807) is 19.4 Å². The van der Waals surface area contributed by atoms with Crippen molar-refractivity contribution in [3.05, 3.63) is 71.9 Å². The van der Waals surface area contributed by atoms with Gasteiger partial charge in [0.1, 0.15) is 11.6 Å². The number of hydrogen-bond acceptors (Lipinski definition) is 6. The topological polar surface area (TPSA) is 97.0 Å². The number of ketones is 1. The van der Waals surface area contributed by atoms with Crippen molar-refractivity contribution in [3.63, 3.8) is 0 Å². The zero-order valence-electron chi connectivity index (χ0n) is 22.1. The number of amides is 1. The molecule has 1 atom stereocenters. The number of thioether (sulfide) groups is 1. The molecule has 3 heterocycles. The molecule has 7 nitrogen and oxygen atoms in total. The Kier molecular flexibility index (Phi) is 7.97. The van der Waals surface area contributed by atoms with Gasteiger partial charge in [-0.1, -0.05) is 31.0 Å². The molecule has 202 valence electrons. The highest BCUT2D eigenvalue weighted by Gasteiger charge is 2.41. The second kappa shape index (κ2) is 11.6. The molecule has 0 aliphatic carbocycles. The van der Waals surface area contributed by atoms with Gasteiger partial charge in [-0.3, -0.25) is 9.59 Å². The Morgan fingerprint density at radius 1 is 1.15 bits per heavy atom. The summed E-state index contributed by atoms with van der Waals surface area (Å²) in [6.07, 6.45) is 8.18. The minimum Gasteiger partial charge on any atom is -0.480 e. The van der Waals surface area contributed by atoms with Gasteiger partial charge in [0.2, 0.25) is 11.8 Å². The fourth-order valence-electron chi connectivity index (χ4n) is 5.27. The number of nitrogens with zero attached hydrogens (tertiary/aromatic N) is 2. The molecule has 1 aliphatic rings. The van der Waals surface area contributed by atoms with Crippen LogP contribution in [0.1, 0.15) is 61.1 Å². The number of unbranched alkanes of at least 4 members (excludes halogenated alkanes) is 2. The molecule has 2 aromatic carbocycles. The molecule has 9 heteroatoms. The number of H-pyrrole nitrogens is 1. The standard InChI is InChI=1S/C30H31FN4O3S/c1-38-28-22(16-19-8-5-6-9-23(19)33-28)24-18-32-29(34-24)30(15-13-27(37)35-30)14-7-3-4-10-25(36)21-12-11-20(31)17-26(21)39-2/h5-6,8-9,11-12,16-18H,3-4,7,10,13-15H2,1-2H3,(H,32,34)(H,35,37). The first kappa shape index (κ1) is 26.9. The lowest BCUT2D eigenvalue weighted by Gasteiger charge is -2.27. The molecule has 1 fully saturated rings. The average molecular weight is 547 g/mol. The number of rotatable bonds is 11. The number of para-hydroxylation sites is 1. The number of carbonyl (C=O) groups excluding carboxylic acids is 2. The zero-order valence-corrected chi connectivity index (χ0v) is 22.9. The van der Waals surface area contributed by atoms with Crippen LogP contribution < -0.4 is 10.1 Å². The third-order valence-corrected chi connectivity index (χ3v) is 8.11. The van der Waals surface area contributed by atoms with Crippen LogP contribution in [0.25, 0.3) is 22.2 Å². The third-order valence-electron chi connectivity index (χ3n) is 7.33. The highest BCUT2D eigenvalue weighted by molar-refractivity contribution is 7.98. The number of methoxy groups -OCH3 is 1. The fourth-order valence-corrected chi connectivity index (χ4v) is 5.90. The molecule has 2 aromatic heterocycles. The van der Waals surface area contributed by atoms with Crippen molar-refractivity contribution in [2.24, 2.45) is 0 Å². The van der Waals surface area contributed by atoms with Crippen LogP contribution in [-0.2, 0) is 10.3 Å². The van der Waals surface area contributed by atoms with Crippen molar-refractivity contribution >= 4 is 34.4 Å². The number of aromatic nitrogens is 3. The summed E-state index contributed by atoms with van der Waals surface area (Å²) in [7, 11) is 1.60. The first-order chi connectivity index (χ1) is 18.9. The summed E-state index contributed by atoms with van der Waals surface area (Å²) >= 11 is 1.38. The van der Waals surface area contributed by atoms with Gasteiger partial charge < -0.3 is 15.0 Å². The predicted octanol–water partition coefficient (Wildman–Crippen LogP) is 6.43. The molecule has 39 heavy (non-hydrogen) atoms. The summed E-state index contributed by atoms with van der Waals surface area (Å²) < 4.78 is 19.1. The summed E-state index contributed by atoms with van der Waals surface area (Å²) in [5.41, 5.74) is 2.42. The highest BCUT2D eigenvalue weighted by atomic mass is 32.2. The Bertz CT molecular complexity index is 1520. The lowest BCUT2D eigenvalue weighted by Crippen LogP contribution is -2.39. The van der Waals surface area contributed by atoms with E-state index in [4.69, 9.17) is 4.74 Å². The van der Waals surface area contributed by atoms with Gasteiger partial charge in [-0.05, 0) is 55.9 Å². The highest BCUT2D eigenvalue weighted by Crippen LogP contribution is 2.37. The number of Topliss-reactive ketones (excluding diaryl/α,β-unsaturated/α-hetero) is 1. The van der Waals surface area contributed by atoms with Gasteiger partial charge in [-0.25, -0.2) is 14.4 Å². The second-order valence-corrected chi connectivity index (χ2v) is 10.7. The molecule has 4 aromatic rings. The Morgan fingerprint density at radius 3 is 2.77 bits per heavy atom. The van der Waals surface area contributed by atoms with Crippen molar-refractivity contribution in [1.82, 2.24) is 20.3 Å².